The number of ether oxygens (including phenoxy) is 1. The van der Waals surface area contributed by atoms with Crippen LogP contribution in [0.4, 0.5) is 4.79 Å². The molecule has 0 fully saturated rings. The summed E-state index contributed by atoms with van der Waals surface area (Å²) in [5.74, 6) is -1.90. The van der Waals surface area contributed by atoms with Crippen molar-refractivity contribution in [2.75, 3.05) is 6.61 Å². The number of carbonyl (C=O) groups excluding carboxylic acids is 2. The third-order valence-electron chi connectivity index (χ3n) is 6.51. The predicted octanol–water partition coefficient (Wildman–Crippen LogP) is 3.23. The van der Waals surface area contributed by atoms with Crippen molar-refractivity contribution < 1.29 is 24.2 Å². The van der Waals surface area contributed by atoms with Gasteiger partial charge in [0.05, 0.1) is 6.33 Å². The minimum absolute atomic E-state index is 0.0927. The molecule has 0 spiro atoms. The molecule has 0 radical (unpaired) electrons. The van der Waals surface area contributed by atoms with Gasteiger partial charge in [0.15, 0.2) is 0 Å². The lowest BCUT2D eigenvalue weighted by Gasteiger charge is -2.27. The topological polar surface area (TPSA) is 133 Å². The molecule has 0 aliphatic heterocycles. The van der Waals surface area contributed by atoms with Crippen LogP contribution in [0, 0.1) is 0 Å². The van der Waals surface area contributed by atoms with Crippen LogP contribution in [-0.4, -0.2) is 51.2 Å². The van der Waals surface area contributed by atoms with Crippen molar-refractivity contribution in [1.82, 2.24) is 20.6 Å². The fourth-order valence-corrected chi connectivity index (χ4v) is 4.26. The second-order valence-corrected chi connectivity index (χ2v) is 8.78. The van der Waals surface area contributed by atoms with Gasteiger partial charge in [-0.1, -0.05) is 55.5 Å². The maximum Gasteiger partial charge on any atom is 0.407 e. The Kier molecular flexibility index (Phi) is 6.86. The number of fused-ring (bicyclic) bond motifs is 3. The van der Waals surface area contributed by atoms with E-state index in [1.807, 2.05) is 48.5 Å². The van der Waals surface area contributed by atoms with Gasteiger partial charge in [0.25, 0.3) is 0 Å². The zero-order valence-electron chi connectivity index (χ0n) is 19.6. The Morgan fingerprint density at radius 2 is 1.74 bits per heavy atom. The van der Waals surface area contributed by atoms with Crippen LogP contribution in [0.15, 0.2) is 61.1 Å². The van der Waals surface area contributed by atoms with Gasteiger partial charge in [0.2, 0.25) is 5.91 Å². The van der Waals surface area contributed by atoms with Crippen LogP contribution in [0.25, 0.3) is 11.1 Å². The Morgan fingerprint density at radius 3 is 2.29 bits per heavy atom. The summed E-state index contributed by atoms with van der Waals surface area (Å²) in [5, 5.41) is 14.7. The predicted molar refractivity (Wildman–Crippen MR) is 129 cm³/mol. The molecule has 1 aromatic heterocycles. The van der Waals surface area contributed by atoms with E-state index >= 15 is 0 Å². The first kappa shape index (κ1) is 24.0. The average molecular weight is 477 g/mol. The molecule has 0 bridgehead atoms. The Morgan fingerprint density at radius 1 is 1.11 bits per heavy atom. The zero-order chi connectivity index (χ0) is 25.0. The molecule has 9 nitrogen and oxygen atoms in total. The van der Waals surface area contributed by atoms with Gasteiger partial charge in [0, 0.05) is 24.2 Å². The van der Waals surface area contributed by atoms with Gasteiger partial charge in [-0.25, -0.2) is 14.6 Å². The Bertz CT molecular complexity index is 1180. The van der Waals surface area contributed by atoms with Crippen molar-refractivity contribution in [3.8, 4) is 11.1 Å². The van der Waals surface area contributed by atoms with Crippen molar-refractivity contribution in [1.29, 1.82) is 0 Å². The molecular weight excluding hydrogens is 448 g/mol. The number of nitrogens with zero attached hydrogens (tertiary/aromatic N) is 1. The molecule has 1 heterocycles. The number of H-pyrrole nitrogens is 1. The second kappa shape index (κ2) is 10.0. The van der Waals surface area contributed by atoms with Gasteiger partial charge in [-0.3, -0.25) is 4.79 Å². The van der Waals surface area contributed by atoms with E-state index in [0.717, 1.165) is 22.3 Å². The quantitative estimate of drug-likeness (QED) is 0.375. The van der Waals surface area contributed by atoms with Crippen molar-refractivity contribution in [3.05, 3.63) is 77.9 Å². The molecular formula is C26H28N4O5. The van der Waals surface area contributed by atoms with Crippen molar-refractivity contribution >= 4 is 18.0 Å². The highest BCUT2D eigenvalue weighted by Gasteiger charge is 2.36. The number of imidazole rings is 1. The molecule has 2 unspecified atom stereocenters. The summed E-state index contributed by atoms with van der Waals surface area (Å²) in [6, 6.07) is 14.9. The van der Waals surface area contributed by atoms with Gasteiger partial charge >= 0.3 is 12.1 Å². The number of hydrogen-bond acceptors (Lipinski definition) is 5. The number of aromatic amines is 1. The first-order chi connectivity index (χ1) is 16.8. The van der Waals surface area contributed by atoms with Crippen LogP contribution in [0.5, 0.6) is 0 Å². The standard InChI is InChI=1S/C26H28N4O5/c1-3-26(2,24(32)33)30-23(31)22(12-16-13-27-15-28-16)29-25(34)35-14-21-19-10-6-4-8-17(19)18-9-5-7-11-20(18)21/h4-11,13,15,21-22H,3,12,14H2,1-2H3,(H,27,28)(H,29,34)(H,30,31)(H,32,33). The van der Waals surface area contributed by atoms with Gasteiger partial charge in [0.1, 0.15) is 18.2 Å². The summed E-state index contributed by atoms with van der Waals surface area (Å²) in [6.07, 6.45) is 2.51. The molecule has 35 heavy (non-hydrogen) atoms. The highest BCUT2D eigenvalue weighted by atomic mass is 16.5. The lowest BCUT2D eigenvalue weighted by molar-refractivity contribution is -0.147. The third-order valence-corrected chi connectivity index (χ3v) is 6.51. The minimum Gasteiger partial charge on any atom is -0.480 e. The van der Waals surface area contributed by atoms with E-state index in [0.29, 0.717) is 5.69 Å². The molecule has 0 saturated carbocycles. The molecule has 3 aromatic rings. The number of rotatable bonds is 9. The van der Waals surface area contributed by atoms with E-state index in [1.54, 1.807) is 6.92 Å². The first-order valence-electron chi connectivity index (χ1n) is 11.5. The third kappa shape index (κ3) is 5.03. The van der Waals surface area contributed by atoms with Crippen molar-refractivity contribution in [2.24, 2.45) is 0 Å². The first-order valence-corrected chi connectivity index (χ1v) is 11.5. The number of carboxylic acid groups (broad SMARTS) is 1. The summed E-state index contributed by atoms with van der Waals surface area (Å²) < 4.78 is 5.57. The Hall–Kier alpha value is -4.14. The van der Waals surface area contributed by atoms with E-state index in [1.165, 1.54) is 19.4 Å². The van der Waals surface area contributed by atoms with Crippen LogP contribution in [0.1, 0.15) is 43.0 Å². The maximum atomic E-state index is 13.0. The van der Waals surface area contributed by atoms with Gasteiger partial charge in [-0.05, 0) is 35.6 Å². The fourth-order valence-electron chi connectivity index (χ4n) is 4.26. The SMILES string of the molecule is CCC(C)(NC(=O)C(Cc1cnc[nH]1)NC(=O)OCC1c2ccccc2-c2ccccc21)C(=O)O. The van der Waals surface area contributed by atoms with Crippen LogP contribution < -0.4 is 10.6 Å². The molecule has 2 aromatic carbocycles. The molecule has 1 aliphatic rings. The molecule has 2 atom stereocenters. The number of benzene rings is 2. The monoisotopic (exact) mass is 476 g/mol. The Balaban J connectivity index is 1.47. The number of carboxylic acids is 1. The second-order valence-electron chi connectivity index (χ2n) is 8.78. The van der Waals surface area contributed by atoms with E-state index in [9.17, 15) is 19.5 Å². The summed E-state index contributed by atoms with van der Waals surface area (Å²) >= 11 is 0. The van der Waals surface area contributed by atoms with Crippen LogP contribution in [0.2, 0.25) is 0 Å². The summed E-state index contributed by atoms with van der Waals surface area (Å²) in [5.41, 5.74) is 3.52. The van der Waals surface area contributed by atoms with Crippen LogP contribution >= 0.6 is 0 Å². The number of nitrogens with one attached hydrogen (secondary N) is 3. The largest absolute Gasteiger partial charge is 0.480 e. The fraction of sp³-hybridized carbons (Fsp3) is 0.308. The van der Waals surface area contributed by atoms with Gasteiger partial charge in [-0.2, -0.15) is 0 Å². The number of aliphatic carboxylic acids is 1. The summed E-state index contributed by atoms with van der Waals surface area (Å²) in [7, 11) is 0. The molecule has 9 heteroatoms. The number of carbonyl (C=O) groups is 3. The van der Waals surface area contributed by atoms with Crippen molar-refractivity contribution in [3.63, 3.8) is 0 Å². The molecule has 1 aliphatic carbocycles. The number of alkyl carbamates (subject to hydrolysis) is 1. The van der Waals surface area contributed by atoms with E-state index in [-0.39, 0.29) is 25.4 Å². The zero-order valence-corrected chi connectivity index (χ0v) is 19.6. The smallest absolute Gasteiger partial charge is 0.407 e. The van der Waals surface area contributed by atoms with Crippen LogP contribution in [-0.2, 0) is 20.7 Å². The maximum absolute atomic E-state index is 13.0. The molecule has 4 rings (SSSR count). The number of aromatic nitrogens is 2. The Labute approximate surface area is 202 Å². The molecule has 4 N–H and O–H groups in total. The molecule has 0 saturated heterocycles. The normalized spacial score (nSPS) is 14.8. The number of amides is 2. The minimum atomic E-state index is -1.47. The van der Waals surface area contributed by atoms with E-state index in [4.69, 9.17) is 4.74 Å². The van der Waals surface area contributed by atoms with Crippen LogP contribution in [0.3, 0.4) is 0 Å². The molecule has 2 amide bonds. The lowest BCUT2D eigenvalue weighted by Crippen LogP contribution is -2.58. The van der Waals surface area contributed by atoms with E-state index < -0.39 is 29.6 Å². The highest BCUT2D eigenvalue weighted by molar-refractivity contribution is 5.91. The highest BCUT2D eigenvalue weighted by Crippen LogP contribution is 2.44. The summed E-state index contributed by atoms with van der Waals surface area (Å²) in [4.78, 5) is 44.3. The molecule has 182 valence electrons. The lowest BCUT2D eigenvalue weighted by atomic mass is 9.98. The average Bonchev–Trinajstić information content (AvgIpc) is 3.48. The number of hydrogen-bond donors (Lipinski definition) is 4. The van der Waals surface area contributed by atoms with E-state index in [2.05, 4.69) is 20.6 Å². The summed E-state index contributed by atoms with van der Waals surface area (Å²) in [6.45, 7) is 3.19. The van der Waals surface area contributed by atoms with Crippen molar-refractivity contribution in [2.45, 2.75) is 44.2 Å². The van der Waals surface area contributed by atoms with Gasteiger partial charge in [-0.15, -0.1) is 0 Å². The van der Waals surface area contributed by atoms with Gasteiger partial charge < -0.3 is 25.5 Å².